The number of hydrogen-bond donors (Lipinski definition) is 2. The van der Waals surface area contributed by atoms with Gasteiger partial charge >= 0.3 is 0 Å². The second-order valence-corrected chi connectivity index (χ2v) is 8.20. The molecule has 4 N–H and O–H groups in total. The molecular weight excluding hydrogens is 368 g/mol. The summed E-state index contributed by atoms with van der Waals surface area (Å²) < 4.78 is 0. The number of aryl methyl sites for hydroxylation is 1. The van der Waals surface area contributed by atoms with Crippen molar-refractivity contribution in [2.24, 2.45) is 16.5 Å². The van der Waals surface area contributed by atoms with Gasteiger partial charge in [0.05, 0.1) is 17.9 Å². The van der Waals surface area contributed by atoms with E-state index in [0.717, 1.165) is 33.7 Å². The van der Waals surface area contributed by atoms with Gasteiger partial charge in [0.2, 0.25) is 0 Å². The van der Waals surface area contributed by atoms with E-state index in [1.165, 1.54) is 4.88 Å². The molecule has 0 spiro atoms. The zero-order valence-electron chi connectivity index (χ0n) is 15.1. The van der Waals surface area contributed by atoms with E-state index in [-0.39, 0.29) is 18.6 Å². The Labute approximate surface area is 162 Å². The number of aldehydes is 1. The second-order valence-electron chi connectivity index (χ2n) is 6.56. The lowest BCUT2D eigenvalue weighted by Gasteiger charge is -2.34. The van der Waals surface area contributed by atoms with E-state index >= 15 is 0 Å². The van der Waals surface area contributed by atoms with Crippen molar-refractivity contribution in [3.05, 3.63) is 50.9 Å². The third-order valence-corrected chi connectivity index (χ3v) is 6.22. The number of rotatable bonds is 4. The molecule has 138 valence electrons. The van der Waals surface area contributed by atoms with Crippen LogP contribution in [0.1, 0.15) is 34.9 Å². The van der Waals surface area contributed by atoms with E-state index in [1.54, 1.807) is 11.3 Å². The molecule has 1 aromatic carbocycles. The lowest BCUT2D eigenvalue weighted by Crippen LogP contribution is -2.55. The van der Waals surface area contributed by atoms with Gasteiger partial charge in [0, 0.05) is 27.4 Å². The third-order valence-electron chi connectivity index (χ3n) is 4.74. The maximum absolute atomic E-state index is 11.2. The summed E-state index contributed by atoms with van der Waals surface area (Å²) in [5.41, 5.74) is 16.8. The summed E-state index contributed by atoms with van der Waals surface area (Å²) >= 11 is 7.72. The highest BCUT2D eigenvalue weighted by atomic mass is 35.5. The van der Waals surface area contributed by atoms with Crippen LogP contribution in [0.2, 0.25) is 5.02 Å². The Morgan fingerprint density at radius 2 is 2.00 bits per heavy atom. The number of thiophene rings is 1. The Balaban J connectivity index is 2.28. The fourth-order valence-electron chi connectivity index (χ4n) is 3.27. The molecule has 2 heterocycles. The lowest BCUT2D eigenvalue weighted by molar-refractivity contribution is -0.108. The van der Waals surface area contributed by atoms with E-state index in [2.05, 4.69) is 13.8 Å². The molecule has 2 aromatic rings. The number of carbonyl (C=O) groups is 1. The summed E-state index contributed by atoms with van der Waals surface area (Å²) in [6.07, 6.45) is 0.343. The van der Waals surface area contributed by atoms with E-state index in [0.29, 0.717) is 5.02 Å². The van der Waals surface area contributed by atoms with Crippen molar-refractivity contribution in [1.82, 2.24) is 0 Å². The summed E-state index contributed by atoms with van der Waals surface area (Å²) in [5, 5.41) is 1.67. The number of fused-ring (bicyclic) bond motifs is 1. The summed E-state index contributed by atoms with van der Waals surface area (Å²) in [5.74, 6) is 0. The fourth-order valence-corrected chi connectivity index (χ4v) is 4.69. The smallest absolute Gasteiger partial charge is 0.122 e. The van der Waals surface area contributed by atoms with Crippen molar-refractivity contribution in [2.45, 2.75) is 45.6 Å². The van der Waals surface area contributed by atoms with Crippen LogP contribution in [-0.2, 0) is 4.79 Å². The van der Waals surface area contributed by atoms with E-state index < -0.39 is 6.17 Å². The molecule has 1 aromatic heterocycles. The van der Waals surface area contributed by atoms with E-state index in [1.807, 2.05) is 36.1 Å². The molecule has 0 saturated carbocycles. The minimum atomic E-state index is -0.471. The molecule has 0 bridgehead atoms. The van der Waals surface area contributed by atoms with Gasteiger partial charge in [0.1, 0.15) is 17.5 Å². The van der Waals surface area contributed by atoms with Gasteiger partial charge in [0.25, 0.3) is 0 Å². The number of halogens is 1. The molecule has 3 atom stereocenters. The standard InChI is InChI=1S/C19H23ClN4OS/c1-10-11(2)26-19-16(10)17(13-4-6-14(20)7-5-13)23-15(8-9-25)18(22)24(19)12(3)21/h4-7,9,12,15,18H,8,21-22H2,1-3H3. The molecule has 5 nitrogen and oxygen atoms in total. The highest BCUT2D eigenvalue weighted by Gasteiger charge is 2.35. The summed E-state index contributed by atoms with van der Waals surface area (Å²) in [6.45, 7) is 6.07. The van der Waals surface area contributed by atoms with Gasteiger partial charge in [0.15, 0.2) is 0 Å². The molecule has 1 aliphatic rings. The van der Waals surface area contributed by atoms with Crippen molar-refractivity contribution >= 4 is 39.9 Å². The molecule has 0 fully saturated rings. The number of hydrogen-bond acceptors (Lipinski definition) is 6. The summed E-state index contributed by atoms with van der Waals surface area (Å²) in [4.78, 5) is 19.3. The molecule has 0 aliphatic carbocycles. The normalized spacial score (nSPS) is 21.0. The number of carbonyl (C=O) groups excluding carboxylic acids is 1. The number of nitrogens with two attached hydrogens (primary N) is 2. The first-order valence-corrected chi connectivity index (χ1v) is 9.71. The van der Waals surface area contributed by atoms with Gasteiger partial charge < -0.3 is 21.2 Å². The zero-order chi connectivity index (χ0) is 19.0. The zero-order valence-corrected chi connectivity index (χ0v) is 16.6. The monoisotopic (exact) mass is 390 g/mol. The number of anilines is 1. The first-order chi connectivity index (χ1) is 12.3. The molecule has 3 rings (SSSR count). The van der Waals surface area contributed by atoms with Crippen LogP contribution in [0.15, 0.2) is 29.3 Å². The van der Waals surface area contributed by atoms with Crippen molar-refractivity contribution in [2.75, 3.05) is 4.90 Å². The van der Waals surface area contributed by atoms with Gasteiger partial charge in [-0.15, -0.1) is 11.3 Å². The largest absolute Gasteiger partial charge is 0.330 e. The number of aliphatic imine (C=N–C) groups is 1. The van der Waals surface area contributed by atoms with Crippen molar-refractivity contribution < 1.29 is 4.79 Å². The predicted molar refractivity (Wildman–Crippen MR) is 109 cm³/mol. The minimum absolute atomic E-state index is 0.244. The summed E-state index contributed by atoms with van der Waals surface area (Å²) in [7, 11) is 0. The molecule has 0 saturated heterocycles. The van der Waals surface area contributed by atoms with Gasteiger partial charge in [-0.3, -0.25) is 4.99 Å². The van der Waals surface area contributed by atoms with Crippen LogP contribution in [0, 0.1) is 13.8 Å². The van der Waals surface area contributed by atoms with Crippen molar-refractivity contribution in [3.63, 3.8) is 0 Å². The van der Waals surface area contributed by atoms with Crippen LogP contribution in [0.5, 0.6) is 0 Å². The maximum atomic E-state index is 11.2. The van der Waals surface area contributed by atoms with Crippen LogP contribution < -0.4 is 16.4 Å². The Kier molecular flexibility index (Phi) is 5.48. The first kappa shape index (κ1) is 19.0. The van der Waals surface area contributed by atoms with Crippen LogP contribution in [0.25, 0.3) is 0 Å². The maximum Gasteiger partial charge on any atom is 0.122 e. The highest BCUT2D eigenvalue weighted by Crippen LogP contribution is 2.40. The second kappa shape index (κ2) is 7.48. The molecule has 1 aliphatic heterocycles. The molecular formula is C19H23ClN4OS. The summed E-state index contributed by atoms with van der Waals surface area (Å²) in [6, 6.07) is 7.21. The van der Waals surface area contributed by atoms with Gasteiger partial charge in [-0.05, 0) is 38.5 Å². The van der Waals surface area contributed by atoms with E-state index in [9.17, 15) is 4.79 Å². The molecule has 0 amide bonds. The molecule has 0 radical (unpaired) electrons. The Hall–Kier alpha value is -1.73. The van der Waals surface area contributed by atoms with Gasteiger partial charge in [-0.25, -0.2) is 0 Å². The average molecular weight is 391 g/mol. The lowest BCUT2D eigenvalue weighted by atomic mass is 9.99. The Morgan fingerprint density at radius 3 is 2.58 bits per heavy atom. The van der Waals surface area contributed by atoms with Gasteiger partial charge in [-0.2, -0.15) is 0 Å². The fraction of sp³-hybridized carbons (Fsp3) is 0.368. The third kappa shape index (κ3) is 3.30. The minimum Gasteiger partial charge on any atom is -0.330 e. The van der Waals surface area contributed by atoms with Crippen LogP contribution in [-0.4, -0.2) is 30.4 Å². The number of benzene rings is 1. The number of nitrogens with zero attached hydrogens (tertiary/aromatic N) is 2. The highest BCUT2D eigenvalue weighted by molar-refractivity contribution is 7.16. The van der Waals surface area contributed by atoms with Crippen LogP contribution >= 0.6 is 22.9 Å². The SMILES string of the molecule is Cc1sc2c(c1C)C(c1ccc(Cl)cc1)=NC(CC=O)C(N)N2C(C)N. The Bertz CT molecular complexity index is 844. The Morgan fingerprint density at radius 1 is 1.35 bits per heavy atom. The van der Waals surface area contributed by atoms with Crippen molar-refractivity contribution in [3.8, 4) is 0 Å². The first-order valence-electron chi connectivity index (χ1n) is 8.52. The average Bonchev–Trinajstić information content (AvgIpc) is 2.80. The van der Waals surface area contributed by atoms with E-state index in [4.69, 9.17) is 28.1 Å². The molecule has 26 heavy (non-hydrogen) atoms. The topological polar surface area (TPSA) is 84.7 Å². The molecule has 3 unspecified atom stereocenters. The van der Waals surface area contributed by atoms with Crippen LogP contribution in [0.3, 0.4) is 0 Å². The quantitative estimate of drug-likeness (QED) is 0.785. The molecule has 7 heteroatoms. The van der Waals surface area contributed by atoms with Gasteiger partial charge in [-0.1, -0.05) is 23.7 Å². The predicted octanol–water partition coefficient (Wildman–Crippen LogP) is 3.22. The van der Waals surface area contributed by atoms with Crippen molar-refractivity contribution in [1.29, 1.82) is 0 Å². The van der Waals surface area contributed by atoms with Crippen LogP contribution in [0.4, 0.5) is 5.00 Å².